The summed E-state index contributed by atoms with van der Waals surface area (Å²) in [6.45, 7) is 1.75. The SMILES string of the molecule is Cc1nc2nc[nH]n2c(=O)c1Br.[H-].[Na+]. The Labute approximate surface area is 105 Å². The van der Waals surface area contributed by atoms with Crippen LogP contribution in [0, 0.1) is 6.92 Å². The van der Waals surface area contributed by atoms with Crippen LogP contribution in [0.1, 0.15) is 7.12 Å². The molecule has 0 atom stereocenters. The second-order valence-electron chi connectivity index (χ2n) is 2.34. The van der Waals surface area contributed by atoms with E-state index in [0.29, 0.717) is 15.9 Å². The number of nitrogens with zero attached hydrogens (tertiary/aromatic N) is 3. The van der Waals surface area contributed by atoms with Gasteiger partial charge in [0, 0.05) is 0 Å². The fraction of sp³-hybridized carbons (Fsp3) is 0.167. The van der Waals surface area contributed by atoms with Crippen LogP contribution in [0.4, 0.5) is 0 Å². The van der Waals surface area contributed by atoms with Gasteiger partial charge in [-0.05, 0) is 22.9 Å². The molecule has 0 bridgehead atoms. The van der Waals surface area contributed by atoms with Gasteiger partial charge in [0.15, 0.2) is 0 Å². The number of hydrogen-bond acceptors (Lipinski definition) is 3. The van der Waals surface area contributed by atoms with Crippen LogP contribution in [0.5, 0.6) is 0 Å². The summed E-state index contributed by atoms with van der Waals surface area (Å²) >= 11 is 3.14. The van der Waals surface area contributed by atoms with Gasteiger partial charge in [-0.15, -0.1) is 0 Å². The fourth-order valence-corrected chi connectivity index (χ4v) is 1.21. The van der Waals surface area contributed by atoms with Crippen LogP contribution >= 0.6 is 15.9 Å². The molecule has 0 saturated carbocycles. The van der Waals surface area contributed by atoms with Gasteiger partial charge in [-0.25, -0.2) is 9.97 Å². The molecule has 13 heavy (non-hydrogen) atoms. The normalized spacial score (nSPS) is 10.0. The molecule has 2 heterocycles. The van der Waals surface area contributed by atoms with E-state index in [4.69, 9.17) is 0 Å². The Balaban J connectivity index is 0.000000845. The van der Waals surface area contributed by atoms with Crippen molar-refractivity contribution in [2.24, 2.45) is 0 Å². The predicted molar refractivity (Wildman–Crippen MR) is 47.2 cm³/mol. The van der Waals surface area contributed by atoms with Gasteiger partial charge in [0.1, 0.15) is 10.8 Å². The minimum absolute atomic E-state index is 0. The summed E-state index contributed by atoms with van der Waals surface area (Å²) in [4.78, 5) is 19.3. The smallest absolute Gasteiger partial charge is 1.00 e. The summed E-state index contributed by atoms with van der Waals surface area (Å²) in [5.41, 5.74) is 0.474. The molecular weight excluding hydrogens is 247 g/mol. The molecule has 0 unspecified atom stereocenters. The summed E-state index contributed by atoms with van der Waals surface area (Å²) in [5.74, 6) is 0.390. The summed E-state index contributed by atoms with van der Waals surface area (Å²) in [6, 6.07) is 0. The van der Waals surface area contributed by atoms with Crippen LogP contribution in [0.25, 0.3) is 5.78 Å². The maximum Gasteiger partial charge on any atom is 1.00 e. The van der Waals surface area contributed by atoms with Gasteiger partial charge in [0.2, 0.25) is 0 Å². The molecule has 2 rings (SSSR count). The molecule has 0 saturated heterocycles. The van der Waals surface area contributed by atoms with Gasteiger partial charge >= 0.3 is 29.6 Å². The number of aryl methyl sites for hydroxylation is 1. The number of fused-ring (bicyclic) bond motifs is 1. The maximum atomic E-state index is 11.4. The van der Waals surface area contributed by atoms with Crippen LogP contribution < -0.4 is 35.1 Å². The van der Waals surface area contributed by atoms with Gasteiger partial charge < -0.3 is 1.43 Å². The van der Waals surface area contributed by atoms with E-state index < -0.39 is 0 Å². The average molecular weight is 253 g/mol. The van der Waals surface area contributed by atoms with E-state index in [9.17, 15) is 4.79 Å². The number of H-pyrrole nitrogens is 1. The van der Waals surface area contributed by atoms with Crippen LogP contribution in [0.2, 0.25) is 0 Å². The van der Waals surface area contributed by atoms with Crippen molar-refractivity contribution in [1.29, 1.82) is 0 Å². The molecule has 0 aromatic carbocycles. The van der Waals surface area contributed by atoms with Gasteiger partial charge in [-0.1, -0.05) is 0 Å². The molecule has 1 N–H and O–H groups in total. The quantitative estimate of drug-likeness (QED) is 0.532. The maximum absolute atomic E-state index is 11.4. The largest absolute Gasteiger partial charge is 1.00 e. The summed E-state index contributed by atoms with van der Waals surface area (Å²) < 4.78 is 1.74. The van der Waals surface area contributed by atoms with Crippen LogP contribution in [-0.4, -0.2) is 19.6 Å². The topological polar surface area (TPSA) is 63.1 Å². The first-order valence-electron chi connectivity index (χ1n) is 3.28. The third kappa shape index (κ3) is 1.71. The van der Waals surface area contributed by atoms with Gasteiger partial charge in [-0.2, -0.15) is 4.52 Å². The van der Waals surface area contributed by atoms with E-state index in [-0.39, 0.29) is 36.5 Å². The Morgan fingerprint density at radius 2 is 2.38 bits per heavy atom. The number of aromatic nitrogens is 4. The molecule has 7 heteroatoms. The second kappa shape index (κ2) is 3.91. The molecule has 0 fully saturated rings. The molecule has 64 valence electrons. The average Bonchev–Trinajstić information content (AvgIpc) is 2.48. The summed E-state index contributed by atoms with van der Waals surface area (Å²) in [6.07, 6.45) is 1.43. The second-order valence-corrected chi connectivity index (χ2v) is 3.13. The molecule has 5 nitrogen and oxygen atoms in total. The van der Waals surface area contributed by atoms with E-state index in [2.05, 4.69) is 31.0 Å². The van der Waals surface area contributed by atoms with E-state index in [1.54, 1.807) is 6.92 Å². The molecule has 2 aromatic heterocycles. The zero-order chi connectivity index (χ0) is 8.72. The van der Waals surface area contributed by atoms with E-state index >= 15 is 0 Å². The number of nitrogens with one attached hydrogen (secondary N) is 1. The van der Waals surface area contributed by atoms with Crippen molar-refractivity contribution in [2.75, 3.05) is 0 Å². The molecular formula is C6H6BrN4NaO. The van der Waals surface area contributed by atoms with E-state index in [1.165, 1.54) is 10.8 Å². The first-order valence-corrected chi connectivity index (χ1v) is 4.07. The molecule has 2 aromatic rings. The van der Waals surface area contributed by atoms with Gasteiger partial charge in [-0.3, -0.25) is 9.89 Å². The first kappa shape index (κ1) is 10.9. The van der Waals surface area contributed by atoms with Crippen molar-refractivity contribution >= 4 is 21.7 Å². The van der Waals surface area contributed by atoms with E-state index in [0.717, 1.165) is 0 Å². The minimum atomic E-state index is -0.171. The Kier molecular flexibility index (Phi) is 3.28. The van der Waals surface area contributed by atoms with Crippen LogP contribution in [-0.2, 0) is 0 Å². The van der Waals surface area contributed by atoms with Crippen molar-refractivity contribution in [3.05, 3.63) is 26.8 Å². The number of halogens is 1. The van der Waals surface area contributed by atoms with Crippen molar-refractivity contribution < 1.29 is 31.0 Å². The van der Waals surface area contributed by atoms with Crippen molar-refractivity contribution in [3.63, 3.8) is 0 Å². The molecule has 0 spiro atoms. The van der Waals surface area contributed by atoms with Crippen molar-refractivity contribution in [3.8, 4) is 0 Å². The zero-order valence-electron chi connectivity index (χ0n) is 8.21. The Morgan fingerprint density at radius 3 is 3.08 bits per heavy atom. The minimum Gasteiger partial charge on any atom is -1.00 e. The number of aromatic amines is 1. The van der Waals surface area contributed by atoms with Gasteiger partial charge in [0.05, 0.1) is 5.69 Å². The zero-order valence-corrected chi connectivity index (χ0v) is 10.8. The van der Waals surface area contributed by atoms with E-state index in [1.807, 2.05) is 0 Å². The molecule has 0 aliphatic rings. The monoisotopic (exact) mass is 252 g/mol. The summed E-state index contributed by atoms with van der Waals surface area (Å²) in [7, 11) is 0. The standard InChI is InChI=1S/C6H5BrN4O.Na.H/c1-3-4(7)5(12)11-6(10-3)8-2-9-11;;/h2H,1H3,(H,8,9,10);;/q;+1;-1. The number of hydrogen-bond donors (Lipinski definition) is 1. The molecule has 0 radical (unpaired) electrons. The molecule has 0 aliphatic carbocycles. The Morgan fingerprint density at radius 1 is 1.69 bits per heavy atom. The molecule has 0 amide bonds. The van der Waals surface area contributed by atoms with Crippen molar-refractivity contribution in [1.82, 2.24) is 19.6 Å². The third-order valence-corrected chi connectivity index (χ3v) is 2.46. The Hall–Kier alpha value is -0.170. The third-order valence-electron chi connectivity index (χ3n) is 1.54. The first-order chi connectivity index (χ1) is 5.70. The number of rotatable bonds is 0. The van der Waals surface area contributed by atoms with Crippen molar-refractivity contribution in [2.45, 2.75) is 6.92 Å². The van der Waals surface area contributed by atoms with Crippen LogP contribution in [0.15, 0.2) is 15.6 Å². The molecule has 0 aliphatic heterocycles. The summed E-state index contributed by atoms with van der Waals surface area (Å²) in [5, 5.41) is 2.66. The van der Waals surface area contributed by atoms with Gasteiger partial charge in [0.25, 0.3) is 11.3 Å². The van der Waals surface area contributed by atoms with Crippen LogP contribution in [0.3, 0.4) is 0 Å². The predicted octanol–water partition coefficient (Wildman–Crippen LogP) is -2.39. The fourth-order valence-electron chi connectivity index (χ4n) is 0.940. The Bertz CT molecular complexity index is 496.